The van der Waals surface area contributed by atoms with E-state index in [1.54, 1.807) is 0 Å². The molecule has 0 aliphatic heterocycles. The number of ether oxygens (including phenoxy) is 1. The van der Waals surface area contributed by atoms with Gasteiger partial charge in [0, 0.05) is 10.2 Å². The fourth-order valence-corrected chi connectivity index (χ4v) is 3.66. The molecule has 4 bridgehead atoms. The number of anilines is 1. The summed E-state index contributed by atoms with van der Waals surface area (Å²) in [4.78, 5) is 12.2. The number of amides is 1. The maximum absolute atomic E-state index is 12.2. The first-order valence-corrected chi connectivity index (χ1v) is 9.48. The van der Waals surface area contributed by atoms with Gasteiger partial charge in [0.15, 0.2) is 0 Å². The highest BCUT2D eigenvalue weighted by molar-refractivity contribution is 9.10. The number of nitrogens with one attached hydrogen (secondary N) is 1. The van der Waals surface area contributed by atoms with Gasteiger partial charge in [-0.15, -0.1) is 0 Å². The van der Waals surface area contributed by atoms with E-state index in [-0.39, 0.29) is 0 Å². The molecule has 0 unspecified atom stereocenters. The molecule has 0 saturated carbocycles. The van der Waals surface area contributed by atoms with E-state index in [4.69, 9.17) is 4.74 Å². The smallest absolute Gasteiger partial charge is 0.412 e. The topological polar surface area (TPSA) is 38.3 Å². The van der Waals surface area contributed by atoms with Crippen LogP contribution in [0.3, 0.4) is 0 Å². The molecule has 0 spiro atoms. The highest BCUT2D eigenvalue weighted by Gasteiger charge is 2.18. The zero-order chi connectivity index (χ0) is 18.0. The van der Waals surface area contributed by atoms with Crippen molar-refractivity contribution >= 4 is 27.7 Å². The van der Waals surface area contributed by atoms with Gasteiger partial charge in [0.1, 0.15) is 5.60 Å². The summed E-state index contributed by atoms with van der Waals surface area (Å²) < 4.78 is 6.60. The van der Waals surface area contributed by atoms with Gasteiger partial charge in [-0.1, -0.05) is 40.2 Å². The minimum atomic E-state index is -0.504. The molecule has 2 aromatic rings. The van der Waals surface area contributed by atoms with Crippen molar-refractivity contribution in [1.82, 2.24) is 0 Å². The molecule has 0 radical (unpaired) electrons. The summed E-state index contributed by atoms with van der Waals surface area (Å²) in [6.07, 6.45) is 3.30. The Morgan fingerprint density at radius 3 is 2.20 bits per heavy atom. The molecule has 2 aromatic carbocycles. The lowest BCUT2D eigenvalue weighted by Crippen LogP contribution is -2.27. The fraction of sp³-hybridized carbons (Fsp3) is 0.381. The molecule has 4 aliphatic carbocycles. The maximum atomic E-state index is 12.2. The number of aryl methyl sites for hydroxylation is 4. The van der Waals surface area contributed by atoms with E-state index in [1.807, 2.05) is 20.8 Å². The average Bonchev–Trinajstić information content (AvgIpc) is 2.49. The molecular weight excluding hydrogens is 378 g/mol. The van der Waals surface area contributed by atoms with Crippen LogP contribution in [0, 0.1) is 0 Å². The first kappa shape index (κ1) is 18.0. The highest BCUT2D eigenvalue weighted by Crippen LogP contribution is 2.26. The zero-order valence-corrected chi connectivity index (χ0v) is 16.6. The second kappa shape index (κ2) is 7.20. The summed E-state index contributed by atoms with van der Waals surface area (Å²) in [7, 11) is 0. The van der Waals surface area contributed by atoms with Gasteiger partial charge in [0.2, 0.25) is 0 Å². The molecule has 0 aromatic heterocycles. The lowest BCUT2D eigenvalue weighted by atomic mass is 9.95. The van der Waals surface area contributed by atoms with Crippen molar-refractivity contribution in [2.45, 2.75) is 52.1 Å². The van der Waals surface area contributed by atoms with Gasteiger partial charge in [0.05, 0.1) is 0 Å². The van der Waals surface area contributed by atoms with Gasteiger partial charge in [-0.2, -0.15) is 0 Å². The molecule has 4 heteroatoms. The molecule has 25 heavy (non-hydrogen) atoms. The van der Waals surface area contributed by atoms with Crippen molar-refractivity contribution in [2.24, 2.45) is 0 Å². The Hall–Kier alpha value is -1.81. The molecule has 1 N–H and O–H groups in total. The Bertz CT molecular complexity index is 793. The molecule has 6 rings (SSSR count). The van der Waals surface area contributed by atoms with Crippen LogP contribution in [0.15, 0.2) is 40.9 Å². The Labute approximate surface area is 157 Å². The van der Waals surface area contributed by atoms with Crippen LogP contribution < -0.4 is 5.32 Å². The van der Waals surface area contributed by atoms with Crippen LogP contribution in [0.2, 0.25) is 0 Å². The Morgan fingerprint density at radius 1 is 0.960 bits per heavy atom. The Morgan fingerprint density at radius 2 is 1.56 bits per heavy atom. The van der Waals surface area contributed by atoms with Gasteiger partial charge in [-0.05, 0) is 80.8 Å². The van der Waals surface area contributed by atoms with Gasteiger partial charge in [0.25, 0.3) is 0 Å². The maximum Gasteiger partial charge on any atom is 0.412 e. The third kappa shape index (κ3) is 4.85. The number of benzene rings is 2. The molecule has 1 amide bonds. The minimum absolute atomic E-state index is 0.399. The molecule has 4 aliphatic rings. The highest BCUT2D eigenvalue weighted by atomic mass is 79.9. The Balaban J connectivity index is 1.87. The van der Waals surface area contributed by atoms with Crippen LogP contribution in [0.25, 0.3) is 0 Å². The molecule has 0 fully saturated rings. The number of carbonyl (C=O) groups is 1. The van der Waals surface area contributed by atoms with E-state index in [9.17, 15) is 4.79 Å². The number of hydrogen-bond acceptors (Lipinski definition) is 2. The van der Waals surface area contributed by atoms with Crippen LogP contribution in [-0.4, -0.2) is 11.7 Å². The summed E-state index contributed by atoms with van der Waals surface area (Å²) in [5, 5.41) is 2.94. The summed E-state index contributed by atoms with van der Waals surface area (Å²) in [5.74, 6) is 0. The van der Waals surface area contributed by atoms with Crippen molar-refractivity contribution < 1.29 is 9.53 Å². The van der Waals surface area contributed by atoms with Crippen molar-refractivity contribution in [3.05, 3.63) is 63.1 Å². The second-order valence-corrected chi connectivity index (χ2v) is 8.40. The van der Waals surface area contributed by atoms with Gasteiger partial charge in [-0.25, -0.2) is 4.79 Å². The SMILES string of the molecule is CC(C)(C)OC(=O)Nc1cc2ccc1CCc1ccc(c(Br)c1)CC2. The summed E-state index contributed by atoms with van der Waals surface area (Å²) in [5.41, 5.74) is 5.32. The van der Waals surface area contributed by atoms with Crippen molar-refractivity contribution in [3.63, 3.8) is 0 Å². The van der Waals surface area contributed by atoms with Gasteiger partial charge < -0.3 is 4.74 Å². The van der Waals surface area contributed by atoms with E-state index < -0.39 is 11.7 Å². The van der Waals surface area contributed by atoms with Crippen LogP contribution in [-0.2, 0) is 30.4 Å². The van der Waals surface area contributed by atoms with Crippen molar-refractivity contribution in [3.8, 4) is 0 Å². The van der Waals surface area contributed by atoms with Crippen molar-refractivity contribution in [1.29, 1.82) is 0 Å². The van der Waals surface area contributed by atoms with Crippen LogP contribution in [0.1, 0.15) is 43.0 Å². The summed E-state index contributed by atoms with van der Waals surface area (Å²) in [6.45, 7) is 5.62. The minimum Gasteiger partial charge on any atom is -0.444 e. The van der Waals surface area contributed by atoms with Crippen LogP contribution in [0.4, 0.5) is 10.5 Å². The van der Waals surface area contributed by atoms with E-state index in [2.05, 4.69) is 57.6 Å². The van der Waals surface area contributed by atoms with Gasteiger partial charge in [-0.3, -0.25) is 5.32 Å². The van der Waals surface area contributed by atoms with E-state index in [1.165, 1.54) is 21.2 Å². The van der Waals surface area contributed by atoms with Crippen LogP contribution in [0.5, 0.6) is 0 Å². The first-order valence-electron chi connectivity index (χ1n) is 8.69. The average molecular weight is 402 g/mol. The quantitative estimate of drug-likeness (QED) is 0.667. The third-order valence-electron chi connectivity index (χ3n) is 4.29. The zero-order valence-electron chi connectivity index (χ0n) is 15.0. The monoisotopic (exact) mass is 401 g/mol. The van der Waals surface area contributed by atoms with E-state index in [0.29, 0.717) is 0 Å². The Kier molecular flexibility index (Phi) is 5.19. The lowest BCUT2D eigenvalue weighted by Gasteiger charge is -2.21. The molecular formula is C21H24BrNO2. The largest absolute Gasteiger partial charge is 0.444 e. The molecule has 132 valence electrons. The van der Waals surface area contributed by atoms with Crippen molar-refractivity contribution in [2.75, 3.05) is 5.32 Å². The lowest BCUT2D eigenvalue weighted by molar-refractivity contribution is 0.0636. The second-order valence-electron chi connectivity index (χ2n) is 7.54. The predicted octanol–water partition coefficient (Wildman–Crippen LogP) is 5.68. The molecule has 0 atom stereocenters. The molecule has 0 heterocycles. The van der Waals surface area contributed by atoms with E-state index in [0.717, 1.165) is 36.9 Å². The standard InChI is InChI=1S/C21H24BrNO2/c1-21(2,3)25-20(24)23-19-13-15-5-9-16-8-4-14(12-18(16)22)6-10-17(19)11-7-15/h4,7-8,11-13H,5-6,9-10H2,1-3H3,(H,23,24). The normalized spacial score (nSPS) is 13.9. The van der Waals surface area contributed by atoms with Crippen LogP contribution >= 0.6 is 15.9 Å². The summed E-state index contributed by atoms with van der Waals surface area (Å²) >= 11 is 3.69. The third-order valence-corrected chi connectivity index (χ3v) is 5.03. The van der Waals surface area contributed by atoms with E-state index >= 15 is 0 Å². The predicted molar refractivity (Wildman–Crippen MR) is 105 cm³/mol. The molecule has 0 saturated heterocycles. The number of rotatable bonds is 1. The number of hydrogen-bond donors (Lipinski definition) is 1. The fourth-order valence-electron chi connectivity index (χ4n) is 3.03. The van der Waals surface area contributed by atoms with Gasteiger partial charge >= 0.3 is 6.09 Å². The summed E-state index contributed by atoms with van der Waals surface area (Å²) in [6, 6.07) is 13.0. The first-order chi connectivity index (χ1) is 11.8. The molecule has 3 nitrogen and oxygen atoms in total. The number of carbonyl (C=O) groups excluding carboxylic acids is 1. The number of halogens is 1.